The minimum Gasteiger partial charge on any atom is -0.503 e. The Bertz CT molecular complexity index is 661. The summed E-state index contributed by atoms with van der Waals surface area (Å²) >= 11 is 0. The number of benzene rings is 1. The van der Waals surface area contributed by atoms with Gasteiger partial charge in [0.2, 0.25) is 23.0 Å². The third kappa shape index (κ3) is 1.39. The van der Waals surface area contributed by atoms with E-state index >= 15 is 0 Å². The first-order valence-electron chi connectivity index (χ1n) is 4.81. The molecule has 1 aromatic carbocycles. The molecule has 0 unspecified atom stereocenters. The second-order valence-electron chi connectivity index (χ2n) is 3.80. The van der Waals surface area contributed by atoms with Gasteiger partial charge in [0.05, 0.1) is 0 Å². The first-order valence-corrected chi connectivity index (χ1v) is 4.81. The van der Waals surface area contributed by atoms with Crippen LogP contribution in [0.25, 0.3) is 5.76 Å². The summed E-state index contributed by atoms with van der Waals surface area (Å²) in [5.74, 6) is -8.27. The molecule has 0 aliphatic carbocycles. The molecule has 108 valence electrons. The Morgan fingerprint density at radius 3 is 1.90 bits per heavy atom. The van der Waals surface area contributed by atoms with Crippen molar-refractivity contribution in [3.05, 3.63) is 11.3 Å². The second-order valence-corrected chi connectivity index (χ2v) is 3.80. The topological polar surface area (TPSA) is 188 Å². The van der Waals surface area contributed by atoms with Gasteiger partial charge in [-0.3, -0.25) is 4.89 Å². The molecule has 20 heavy (non-hydrogen) atoms. The molecule has 1 heterocycles. The highest BCUT2D eigenvalue weighted by Gasteiger charge is 2.57. The van der Waals surface area contributed by atoms with E-state index in [1.54, 1.807) is 0 Å². The number of carbonyl (C=O) groups excluding carboxylic acids is 1. The van der Waals surface area contributed by atoms with Gasteiger partial charge in [-0.1, -0.05) is 0 Å². The number of hydrogen-bond acceptors (Lipinski definition) is 10. The van der Waals surface area contributed by atoms with Gasteiger partial charge in [-0.2, -0.15) is 15.7 Å². The summed E-state index contributed by atoms with van der Waals surface area (Å²) in [7, 11) is 0. The highest BCUT2D eigenvalue weighted by atomic mass is 17.1. The van der Waals surface area contributed by atoms with Crippen LogP contribution in [0.15, 0.2) is 5.70 Å². The summed E-state index contributed by atoms with van der Waals surface area (Å²) in [4.78, 5) is 11.8. The molecule has 1 aliphatic rings. The first kappa shape index (κ1) is 13.7. The summed E-state index contributed by atoms with van der Waals surface area (Å²) in [5, 5.41) is 74.9. The van der Waals surface area contributed by atoms with E-state index in [1.807, 2.05) is 0 Å². The molecule has 0 radical (unpaired) electrons. The standard InChI is InChI=1S/C9H7NO10/c11-4-1-2(6(13)8(15)7(14)5(1)12)10(17,18)3(4)9(16)20-19/h17-18H,(H5-,11,12,13,14,15,19)/p+1. The highest BCUT2D eigenvalue weighted by molar-refractivity contribution is 6.04. The van der Waals surface area contributed by atoms with E-state index in [4.69, 9.17) is 5.26 Å². The molecule has 0 fully saturated rings. The number of carbonyl (C=O) groups is 1. The van der Waals surface area contributed by atoms with Gasteiger partial charge in [0.15, 0.2) is 5.75 Å². The lowest BCUT2D eigenvalue weighted by atomic mass is 10.1. The quantitative estimate of drug-likeness (QED) is 0.113. The Balaban J connectivity index is 2.91. The van der Waals surface area contributed by atoms with E-state index in [1.165, 1.54) is 0 Å². The minimum absolute atomic E-state index is 0.941. The third-order valence-electron chi connectivity index (χ3n) is 2.73. The Labute approximate surface area is 108 Å². The molecule has 2 rings (SSSR count). The van der Waals surface area contributed by atoms with Gasteiger partial charge in [0.1, 0.15) is 5.56 Å². The molecule has 0 atom stereocenters. The maximum Gasteiger partial charge on any atom is 0.436 e. The number of quaternary nitrogens is 1. The van der Waals surface area contributed by atoms with E-state index in [0.717, 1.165) is 0 Å². The number of nitrogens with zero attached hydrogens (tertiary/aromatic N) is 1. The summed E-state index contributed by atoms with van der Waals surface area (Å²) < 4.78 is 0. The molecule has 1 aliphatic heterocycles. The Hall–Kier alpha value is -2.73. The normalized spacial score (nSPS) is 16.1. The molecule has 11 nitrogen and oxygen atoms in total. The van der Waals surface area contributed by atoms with Crippen molar-refractivity contribution in [2.24, 2.45) is 0 Å². The Kier molecular flexibility index (Phi) is 2.66. The predicted octanol–water partition coefficient (Wildman–Crippen LogP) is -0.149. The number of aliphatic hydroxyl groups excluding tert-OH is 1. The van der Waals surface area contributed by atoms with Crippen LogP contribution < -0.4 is 4.81 Å². The highest BCUT2D eigenvalue weighted by Crippen LogP contribution is 2.58. The van der Waals surface area contributed by atoms with Crippen molar-refractivity contribution < 1.29 is 50.9 Å². The van der Waals surface area contributed by atoms with Crippen molar-refractivity contribution in [1.82, 2.24) is 4.81 Å². The lowest BCUT2D eigenvalue weighted by molar-refractivity contribution is -0.276. The number of rotatable bonds is 1. The number of hydrogen-bond donors (Lipinski definition) is 8. The fourth-order valence-corrected chi connectivity index (χ4v) is 1.86. The van der Waals surface area contributed by atoms with Crippen LogP contribution in [-0.2, 0) is 9.68 Å². The average Bonchev–Trinajstić information content (AvgIpc) is 2.59. The molecule has 0 spiro atoms. The lowest BCUT2D eigenvalue weighted by Gasteiger charge is -2.17. The number of fused-ring (bicyclic) bond motifs is 1. The summed E-state index contributed by atoms with van der Waals surface area (Å²) in [6, 6.07) is 0. The van der Waals surface area contributed by atoms with Crippen LogP contribution in [0.1, 0.15) is 5.56 Å². The monoisotopic (exact) mass is 290 g/mol. The smallest absolute Gasteiger partial charge is 0.436 e. The molecule has 0 saturated carbocycles. The van der Waals surface area contributed by atoms with Gasteiger partial charge in [-0.05, 0) is 0 Å². The van der Waals surface area contributed by atoms with E-state index in [2.05, 4.69) is 4.89 Å². The number of phenolic OH excluding ortho intramolecular Hbond substituents is 4. The van der Waals surface area contributed by atoms with Gasteiger partial charge in [-0.15, -0.1) is 0 Å². The fourth-order valence-electron chi connectivity index (χ4n) is 1.86. The van der Waals surface area contributed by atoms with Gasteiger partial charge >= 0.3 is 11.7 Å². The Morgan fingerprint density at radius 2 is 1.40 bits per heavy atom. The van der Waals surface area contributed by atoms with Gasteiger partial charge in [-0.25, -0.2) is 4.79 Å². The summed E-state index contributed by atoms with van der Waals surface area (Å²) in [5.41, 5.74) is -3.46. The zero-order valence-electron chi connectivity index (χ0n) is 9.34. The molecule has 0 aromatic heterocycles. The summed E-state index contributed by atoms with van der Waals surface area (Å²) in [6.45, 7) is 0. The number of phenols is 4. The summed E-state index contributed by atoms with van der Waals surface area (Å²) in [6.07, 6.45) is 0. The van der Waals surface area contributed by atoms with Crippen LogP contribution >= 0.6 is 0 Å². The lowest BCUT2D eigenvalue weighted by Crippen LogP contribution is -2.42. The zero-order valence-corrected chi connectivity index (χ0v) is 9.34. The van der Waals surface area contributed by atoms with Crippen molar-refractivity contribution in [2.45, 2.75) is 0 Å². The van der Waals surface area contributed by atoms with Crippen molar-refractivity contribution in [3.63, 3.8) is 0 Å². The molecule has 0 amide bonds. The van der Waals surface area contributed by atoms with E-state index in [9.17, 15) is 40.7 Å². The molecule has 1 aromatic rings. The van der Waals surface area contributed by atoms with Crippen molar-refractivity contribution in [1.29, 1.82) is 0 Å². The maximum absolute atomic E-state index is 11.2. The van der Waals surface area contributed by atoms with Crippen molar-refractivity contribution in [3.8, 4) is 23.0 Å². The van der Waals surface area contributed by atoms with Crippen LogP contribution in [0, 0.1) is 0 Å². The van der Waals surface area contributed by atoms with Crippen LogP contribution in [0.2, 0.25) is 0 Å². The first-order chi connectivity index (χ1) is 9.16. The van der Waals surface area contributed by atoms with Gasteiger partial charge in [0, 0.05) is 4.81 Å². The molecule has 0 bridgehead atoms. The van der Waals surface area contributed by atoms with Gasteiger partial charge in [0.25, 0.3) is 5.69 Å². The zero-order chi connectivity index (χ0) is 15.4. The number of aromatic hydroxyl groups is 4. The molecule has 0 saturated heterocycles. The van der Waals surface area contributed by atoms with Crippen LogP contribution in [0.3, 0.4) is 0 Å². The maximum atomic E-state index is 11.2. The van der Waals surface area contributed by atoms with E-state index < -0.39 is 56.5 Å². The van der Waals surface area contributed by atoms with Crippen molar-refractivity contribution in [2.75, 3.05) is 0 Å². The Morgan fingerprint density at radius 1 is 0.900 bits per heavy atom. The molecular weight excluding hydrogens is 282 g/mol. The van der Waals surface area contributed by atoms with Gasteiger partial charge < -0.3 is 25.5 Å². The fraction of sp³-hybridized carbons (Fsp3) is 0. The third-order valence-corrected chi connectivity index (χ3v) is 2.73. The molecular formula is C9H8NO10+. The van der Waals surface area contributed by atoms with Crippen LogP contribution in [0.5, 0.6) is 23.0 Å². The molecule has 8 N–H and O–H groups in total. The van der Waals surface area contributed by atoms with Crippen LogP contribution in [0.4, 0.5) is 5.69 Å². The SMILES string of the molecule is O=C(OO)C1=C(O)c2c(O)c(O)c(O)c(O)c2[N+]1(O)O. The van der Waals surface area contributed by atoms with Crippen LogP contribution in [-0.4, -0.2) is 47.2 Å². The minimum atomic E-state index is -2.63. The van der Waals surface area contributed by atoms with Crippen molar-refractivity contribution >= 4 is 17.4 Å². The predicted molar refractivity (Wildman–Crippen MR) is 56.7 cm³/mol. The van der Waals surface area contributed by atoms with E-state index in [0.29, 0.717) is 0 Å². The average molecular weight is 290 g/mol. The van der Waals surface area contributed by atoms with E-state index in [-0.39, 0.29) is 0 Å². The molecule has 11 heteroatoms. The largest absolute Gasteiger partial charge is 0.503 e. The number of hydroxylamine groups is 2. The second kappa shape index (κ2) is 3.88. The number of aliphatic hydroxyl groups is 1.